The van der Waals surface area contributed by atoms with Gasteiger partial charge in [0, 0.05) is 5.02 Å². The van der Waals surface area contributed by atoms with Crippen LogP contribution in [0.3, 0.4) is 0 Å². The van der Waals surface area contributed by atoms with Crippen molar-refractivity contribution in [3.05, 3.63) is 57.6 Å². The van der Waals surface area contributed by atoms with E-state index in [1.807, 2.05) is 51.1 Å². The second kappa shape index (κ2) is 5.45. The summed E-state index contributed by atoms with van der Waals surface area (Å²) in [6.07, 6.45) is 0.808. The summed E-state index contributed by atoms with van der Waals surface area (Å²) in [5, 5.41) is 0.682. The van der Waals surface area contributed by atoms with E-state index in [0.29, 0.717) is 16.3 Å². The van der Waals surface area contributed by atoms with Crippen LogP contribution in [0.15, 0.2) is 30.3 Å². The van der Waals surface area contributed by atoms with Crippen LogP contribution < -0.4 is 4.74 Å². The average Bonchev–Trinajstić information content (AvgIpc) is 2.35. The number of ether oxygens (including phenoxy) is 1. The van der Waals surface area contributed by atoms with Crippen molar-refractivity contribution in [2.75, 3.05) is 0 Å². The second-order valence-electron chi connectivity index (χ2n) is 4.63. The van der Waals surface area contributed by atoms with Crippen LogP contribution in [0.1, 0.15) is 27.0 Å². The van der Waals surface area contributed by atoms with E-state index in [9.17, 15) is 4.79 Å². The molecule has 2 aromatic carbocycles. The highest BCUT2D eigenvalue weighted by atomic mass is 35.5. The molecule has 0 aliphatic rings. The molecule has 0 fully saturated rings. The quantitative estimate of drug-likeness (QED) is 0.747. The minimum absolute atomic E-state index is 0.550. The number of rotatable bonds is 3. The molecule has 0 unspecified atom stereocenters. The van der Waals surface area contributed by atoms with Crippen LogP contribution in [0.5, 0.6) is 11.5 Å². The molecule has 0 saturated heterocycles. The summed E-state index contributed by atoms with van der Waals surface area (Å²) in [5.74, 6) is 1.31. The fraction of sp³-hybridized carbons (Fsp3) is 0.188. The number of benzene rings is 2. The number of carbonyl (C=O) groups is 1. The summed E-state index contributed by atoms with van der Waals surface area (Å²) in [7, 11) is 0. The SMILES string of the molecule is Cc1ccc(Oc2c(C)cc(Cl)cc2C)c(C=O)c1. The normalized spacial score (nSPS) is 10.3. The monoisotopic (exact) mass is 274 g/mol. The first-order chi connectivity index (χ1) is 9.01. The Labute approximate surface area is 118 Å². The van der Waals surface area contributed by atoms with Crippen molar-refractivity contribution >= 4 is 17.9 Å². The van der Waals surface area contributed by atoms with E-state index in [1.54, 1.807) is 0 Å². The molecule has 98 valence electrons. The van der Waals surface area contributed by atoms with Crippen LogP contribution in [0.2, 0.25) is 5.02 Å². The zero-order valence-corrected chi connectivity index (χ0v) is 11.9. The van der Waals surface area contributed by atoms with Gasteiger partial charge in [-0.2, -0.15) is 0 Å². The van der Waals surface area contributed by atoms with E-state index in [0.717, 1.165) is 28.7 Å². The van der Waals surface area contributed by atoms with Gasteiger partial charge in [-0.3, -0.25) is 4.79 Å². The van der Waals surface area contributed by atoms with Gasteiger partial charge in [0.05, 0.1) is 5.56 Å². The van der Waals surface area contributed by atoms with E-state index in [2.05, 4.69) is 0 Å². The molecular formula is C16H15ClO2. The van der Waals surface area contributed by atoms with Crippen molar-refractivity contribution in [2.45, 2.75) is 20.8 Å². The average molecular weight is 275 g/mol. The minimum Gasteiger partial charge on any atom is -0.456 e. The Bertz CT molecular complexity index is 610. The molecule has 0 atom stereocenters. The third-order valence-electron chi connectivity index (χ3n) is 2.93. The van der Waals surface area contributed by atoms with E-state index >= 15 is 0 Å². The molecule has 0 amide bonds. The first-order valence-electron chi connectivity index (χ1n) is 6.01. The Kier molecular flexibility index (Phi) is 3.91. The molecule has 0 radical (unpaired) electrons. The smallest absolute Gasteiger partial charge is 0.153 e. The molecular weight excluding hydrogens is 260 g/mol. The Hall–Kier alpha value is -1.80. The van der Waals surface area contributed by atoms with Gasteiger partial charge < -0.3 is 4.74 Å². The molecule has 2 aromatic rings. The van der Waals surface area contributed by atoms with E-state index in [4.69, 9.17) is 16.3 Å². The molecule has 2 nitrogen and oxygen atoms in total. The molecule has 0 spiro atoms. The van der Waals surface area contributed by atoms with E-state index < -0.39 is 0 Å². The molecule has 0 aromatic heterocycles. The zero-order chi connectivity index (χ0) is 14.0. The Morgan fingerprint density at radius 3 is 2.26 bits per heavy atom. The maximum atomic E-state index is 11.1. The number of carbonyl (C=O) groups excluding carboxylic acids is 1. The van der Waals surface area contributed by atoms with Crippen LogP contribution in [0.25, 0.3) is 0 Å². The lowest BCUT2D eigenvalue weighted by Crippen LogP contribution is -1.95. The van der Waals surface area contributed by atoms with Gasteiger partial charge in [0.15, 0.2) is 6.29 Å². The van der Waals surface area contributed by atoms with Gasteiger partial charge in [0.2, 0.25) is 0 Å². The van der Waals surface area contributed by atoms with Gasteiger partial charge in [-0.25, -0.2) is 0 Å². The molecule has 0 heterocycles. The van der Waals surface area contributed by atoms with Gasteiger partial charge in [0.1, 0.15) is 11.5 Å². The van der Waals surface area contributed by atoms with Gasteiger partial charge in [-0.05, 0) is 56.2 Å². The van der Waals surface area contributed by atoms with E-state index in [-0.39, 0.29) is 0 Å². The van der Waals surface area contributed by atoms with E-state index in [1.165, 1.54) is 0 Å². The molecule has 19 heavy (non-hydrogen) atoms. The van der Waals surface area contributed by atoms with Gasteiger partial charge in [-0.15, -0.1) is 0 Å². The predicted octanol–water partition coefficient (Wildman–Crippen LogP) is 4.87. The lowest BCUT2D eigenvalue weighted by atomic mass is 10.1. The van der Waals surface area contributed by atoms with Crippen molar-refractivity contribution in [2.24, 2.45) is 0 Å². The highest BCUT2D eigenvalue weighted by Gasteiger charge is 2.10. The minimum atomic E-state index is 0.550. The van der Waals surface area contributed by atoms with Crippen LogP contribution in [-0.4, -0.2) is 6.29 Å². The molecule has 0 N–H and O–H groups in total. The second-order valence-corrected chi connectivity index (χ2v) is 5.07. The molecule has 2 rings (SSSR count). The molecule has 0 aliphatic carbocycles. The summed E-state index contributed by atoms with van der Waals surface area (Å²) < 4.78 is 5.88. The standard InChI is InChI=1S/C16H15ClO2/c1-10-4-5-15(13(6-10)9-18)19-16-11(2)7-14(17)8-12(16)3/h4-9H,1-3H3. The molecule has 3 heteroatoms. The largest absolute Gasteiger partial charge is 0.456 e. The Balaban J connectivity index is 2.44. The summed E-state index contributed by atoms with van der Waals surface area (Å²) in [4.78, 5) is 11.1. The third kappa shape index (κ3) is 2.96. The number of aldehydes is 1. The van der Waals surface area contributed by atoms with Gasteiger partial charge in [0.25, 0.3) is 0 Å². The topological polar surface area (TPSA) is 26.3 Å². The van der Waals surface area contributed by atoms with Crippen molar-refractivity contribution in [1.29, 1.82) is 0 Å². The lowest BCUT2D eigenvalue weighted by molar-refractivity contribution is 0.112. The first-order valence-corrected chi connectivity index (χ1v) is 6.39. The molecule has 0 aliphatic heterocycles. The van der Waals surface area contributed by atoms with Crippen LogP contribution in [-0.2, 0) is 0 Å². The fourth-order valence-corrected chi connectivity index (χ4v) is 2.35. The zero-order valence-electron chi connectivity index (χ0n) is 11.2. The third-order valence-corrected chi connectivity index (χ3v) is 3.15. The molecule has 0 bridgehead atoms. The lowest BCUT2D eigenvalue weighted by Gasteiger charge is -2.14. The predicted molar refractivity (Wildman–Crippen MR) is 77.6 cm³/mol. The van der Waals surface area contributed by atoms with Crippen LogP contribution in [0.4, 0.5) is 0 Å². The van der Waals surface area contributed by atoms with Crippen LogP contribution in [0, 0.1) is 20.8 Å². The van der Waals surface area contributed by atoms with Crippen molar-refractivity contribution in [1.82, 2.24) is 0 Å². The number of halogens is 1. The Morgan fingerprint density at radius 2 is 1.68 bits per heavy atom. The summed E-state index contributed by atoms with van der Waals surface area (Å²) in [6.45, 7) is 5.81. The number of aryl methyl sites for hydroxylation is 3. The summed E-state index contributed by atoms with van der Waals surface area (Å²) in [6, 6.07) is 9.23. The van der Waals surface area contributed by atoms with Gasteiger partial charge in [-0.1, -0.05) is 23.2 Å². The maximum Gasteiger partial charge on any atom is 0.153 e. The summed E-state index contributed by atoms with van der Waals surface area (Å²) in [5.41, 5.74) is 3.47. The maximum absolute atomic E-state index is 11.1. The van der Waals surface area contributed by atoms with Crippen molar-refractivity contribution in [3.8, 4) is 11.5 Å². The fourth-order valence-electron chi connectivity index (χ4n) is 2.02. The highest BCUT2D eigenvalue weighted by molar-refractivity contribution is 6.30. The van der Waals surface area contributed by atoms with Crippen molar-refractivity contribution in [3.63, 3.8) is 0 Å². The number of hydrogen-bond donors (Lipinski definition) is 0. The van der Waals surface area contributed by atoms with Crippen molar-refractivity contribution < 1.29 is 9.53 Å². The molecule has 0 saturated carbocycles. The Morgan fingerprint density at radius 1 is 1.05 bits per heavy atom. The van der Waals surface area contributed by atoms with Gasteiger partial charge >= 0.3 is 0 Å². The number of hydrogen-bond acceptors (Lipinski definition) is 2. The van der Waals surface area contributed by atoms with Crippen LogP contribution >= 0.6 is 11.6 Å². The summed E-state index contributed by atoms with van der Waals surface area (Å²) >= 11 is 5.99. The highest BCUT2D eigenvalue weighted by Crippen LogP contribution is 2.32. The first kappa shape index (κ1) is 13.6.